The highest BCUT2D eigenvalue weighted by atomic mass is 35.5. The molecule has 0 aliphatic heterocycles. The van der Waals surface area contributed by atoms with Crippen molar-refractivity contribution in [2.75, 3.05) is 6.26 Å². The Bertz CT molecular complexity index is 1010. The molecule has 7 nitrogen and oxygen atoms in total. The van der Waals surface area contributed by atoms with Crippen molar-refractivity contribution >= 4 is 34.2 Å². The molecule has 0 spiro atoms. The average molecular weight is 442 g/mol. The lowest BCUT2D eigenvalue weighted by atomic mass is 10.2. The standard InChI is InChI=1S/C17H15ClF3N7S/c1-10(14-24-9-25-28(14)15-22-6-3-7-23-15)26-16(29-2)27-13-5-4-11(8-12(13)18)17(19,20)21/h3-10H,1-2H3,(H,26,27). The summed E-state index contributed by atoms with van der Waals surface area (Å²) in [7, 11) is 0. The SMILES string of the molecule is CSC(=Nc1ccc(C(F)(F)F)cc1Cl)NC(C)c1ncnn1-c1ncccn1. The molecule has 1 aromatic carbocycles. The molecule has 0 saturated heterocycles. The van der Waals surface area contributed by atoms with Crippen LogP contribution in [0.3, 0.4) is 0 Å². The Labute approximate surface area is 173 Å². The van der Waals surface area contributed by atoms with Gasteiger partial charge in [-0.05, 0) is 37.4 Å². The first-order valence-corrected chi connectivity index (χ1v) is 9.83. The van der Waals surface area contributed by atoms with Gasteiger partial charge in [0.05, 0.1) is 22.3 Å². The number of aromatic nitrogens is 5. The molecule has 0 amide bonds. The van der Waals surface area contributed by atoms with Gasteiger partial charge in [0, 0.05) is 12.4 Å². The third kappa shape index (κ3) is 5.04. The van der Waals surface area contributed by atoms with Crippen LogP contribution < -0.4 is 5.32 Å². The van der Waals surface area contributed by atoms with Crippen molar-refractivity contribution in [3.8, 4) is 5.95 Å². The maximum absolute atomic E-state index is 12.8. The summed E-state index contributed by atoms with van der Waals surface area (Å²) < 4.78 is 39.9. The number of hydrogen-bond donors (Lipinski definition) is 1. The minimum Gasteiger partial charge on any atom is -0.355 e. The van der Waals surface area contributed by atoms with Gasteiger partial charge in [-0.1, -0.05) is 23.4 Å². The quantitative estimate of drug-likeness (QED) is 0.476. The fourth-order valence-electron chi connectivity index (χ4n) is 2.37. The molecule has 3 rings (SSSR count). The van der Waals surface area contributed by atoms with Gasteiger partial charge >= 0.3 is 6.18 Å². The second kappa shape index (κ2) is 8.78. The number of amidine groups is 1. The summed E-state index contributed by atoms with van der Waals surface area (Å²) in [5.74, 6) is 0.901. The number of nitrogens with one attached hydrogen (secondary N) is 1. The van der Waals surface area contributed by atoms with Crippen LogP contribution in [-0.4, -0.2) is 36.2 Å². The van der Waals surface area contributed by atoms with Crippen LogP contribution in [0.25, 0.3) is 5.95 Å². The van der Waals surface area contributed by atoms with E-state index in [1.807, 2.05) is 6.92 Å². The van der Waals surface area contributed by atoms with Gasteiger partial charge in [-0.3, -0.25) is 0 Å². The van der Waals surface area contributed by atoms with Crippen molar-refractivity contribution in [1.82, 2.24) is 30.0 Å². The van der Waals surface area contributed by atoms with Crippen LogP contribution in [0.4, 0.5) is 18.9 Å². The molecular weight excluding hydrogens is 427 g/mol. The van der Waals surface area contributed by atoms with E-state index in [2.05, 4.69) is 30.4 Å². The van der Waals surface area contributed by atoms with E-state index < -0.39 is 11.7 Å². The first kappa shape index (κ1) is 21.1. The molecule has 12 heteroatoms. The Morgan fingerprint density at radius 1 is 1.24 bits per heavy atom. The molecule has 2 heterocycles. The number of alkyl halides is 3. The maximum Gasteiger partial charge on any atom is 0.416 e. The van der Waals surface area contributed by atoms with Crippen LogP contribution in [0.2, 0.25) is 5.02 Å². The predicted molar refractivity (Wildman–Crippen MR) is 106 cm³/mol. The van der Waals surface area contributed by atoms with Gasteiger partial charge in [0.2, 0.25) is 0 Å². The molecule has 0 radical (unpaired) electrons. The van der Waals surface area contributed by atoms with Gasteiger partial charge in [-0.15, -0.1) is 0 Å². The van der Waals surface area contributed by atoms with E-state index >= 15 is 0 Å². The number of hydrogen-bond acceptors (Lipinski definition) is 6. The Hall–Kier alpha value is -2.66. The number of rotatable bonds is 4. The molecule has 1 unspecified atom stereocenters. The Morgan fingerprint density at radius 2 is 1.97 bits per heavy atom. The summed E-state index contributed by atoms with van der Waals surface area (Å²) in [4.78, 5) is 16.9. The fourth-order valence-corrected chi connectivity index (χ4v) is 3.08. The Kier molecular flexibility index (Phi) is 6.38. The number of thioether (sulfide) groups is 1. The number of aliphatic imine (C=N–C) groups is 1. The molecule has 29 heavy (non-hydrogen) atoms. The molecule has 0 fully saturated rings. The second-order valence-corrected chi connectivity index (χ2v) is 6.93. The summed E-state index contributed by atoms with van der Waals surface area (Å²) >= 11 is 7.27. The largest absolute Gasteiger partial charge is 0.416 e. The molecular formula is C17H15ClF3N7S. The van der Waals surface area contributed by atoms with Crippen molar-refractivity contribution in [2.45, 2.75) is 19.1 Å². The monoisotopic (exact) mass is 441 g/mol. The van der Waals surface area contributed by atoms with E-state index in [1.165, 1.54) is 28.8 Å². The van der Waals surface area contributed by atoms with Crippen molar-refractivity contribution in [1.29, 1.82) is 0 Å². The van der Waals surface area contributed by atoms with Crippen molar-refractivity contribution in [3.63, 3.8) is 0 Å². The van der Waals surface area contributed by atoms with E-state index in [-0.39, 0.29) is 16.8 Å². The van der Waals surface area contributed by atoms with E-state index in [1.54, 1.807) is 24.7 Å². The van der Waals surface area contributed by atoms with Crippen LogP contribution in [0.1, 0.15) is 24.4 Å². The zero-order valence-corrected chi connectivity index (χ0v) is 16.8. The lowest BCUT2D eigenvalue weighted by Crippen LogP contribution is -2.26. The predicted octanol–water partition coefficient (Wildman–Crippen LogP) is 4.43. The summed E-state index contributed by atoms with van der Waals surface area (Å²) in [5, 5.41) is 7.64. The highest BCUT2D eigenvalue weighted by Gasteiger charge is 2.31. The summed E-state index contributed by atoms with van der Waals surface area (Å²) in [6.07, 6.45) is 1.87. The minimum absolute atomic E-state index is 0.0957. The first-order valence-electron chi connectivity index (χ1n) is 8.23. The van der Waals surface area contributed by atoms with Gasteiger partial charge in [-0.25, -0.2) is 19.9 Å². The molecule has 152 valence electrons. The van der Waals surface area contributed by atoms with Crippen LogP contribution in [0.15, 0.2) is 48.0 Å². The molecule has 0 aliphatic rings. The van der Waals surface area contributed by atoms with Crippen LogP contribution >= 0.6 is 23.4 Å². The van der Waals surface area contributed by atoms with Gasteiger partial charge < -0.3 is 5.32 Å². The lowest BCUT2D eigenvalue weighted by Gasteiger charge is -2.16. The van der Waals surface area contributed by atoms with Crippen LogP contribution in [0.5, 0.6) is 0 Å². The van der Waals surface area contributed by atoms with Crippen molar-refractivity contribution in [2.24, 2.45) is 4.99 Å². The van der Waals surface area contributed by atoms with Crippen LogP contribution in [-0.2, 0) is 6.18 Å². The van der Waals surface area contributed by atoms with Gasteiger partial charge in [0.25, 0.3) is 5.95 Å². The third-order valence-electron chi connectivity index (χ3n) is 3.73. The minimum atomic E-state index is -4.47. The fraction of sp³-hybridized carbons (Fsp3) is 0.235. The Balaban J connectivity index is 1.83. The molecule has 0 saturated carbocycles. The zero-order valence-electron chi connectivity index (χ0n) is 15.2. The second-order valence-electron chi connectivity index (χ2n) is 5.73. The average Bonchev–Trinajstić information content (AvgIpc) is 3.18. The molecule has 1 atom stereocenters. The molecule has 0 aliphatic carbocycles. The normalized spacial score (nSPS) is 13.4. The molecule has 1 N–H and O–H groups in total. The van der Waals surface area contributed by atoms with Gasteiger partial charge in [-0.2, -0.15) is 23.0 Å². The third-order valence-corrected chi connectivity index (χ3v) is 4.63. The molecule has 0 bridgehead atoms. The lowest BCUT2D eigenvalue weighted by molar-refractivity contribution is -0.137. The molecule has 2 aromatic heterocycles. The van der Waals surface area contributed by atoms with E-state index in [0.29, 0.717) is 16.9 Å². The smallest absolute Gasteiger partial charge is 0.355 e. The van der Waals surface area contributed by atoms with E-state index in [9.17, 15) is 13.2 Å². The van der Waals surface area contributed by atoms with Gasteiger partial charge in [0.15, 0.2) is 11.0 Å². The number of benzene rings is 1. The number of nitrogens with zero attached hydrogens (tertiary/aromatic N) is 6. The zero-order chi connectivity index (χ0) is 21.0. The van der Waals surface area contributed by atoms with E-state index in [0.717, 1.165) is 12.1 Å². The maximum atomic E-state index is 12.8. The highest BCUT2D eigenvalue weighted by molar-refractivity contribution is 8.13. The molecule has 3 aromatic rings. The topological polar surface area (TPSA) is 80.9 Å². The first-order chi connectivity index (χ1) is 13.8. The summed E-state index contributed by atoms with van der Waals surface area (Å²) in [6.45, 7) is 1.84. The van der Waals surface area contributed by atoms with Gasteiger partial charge in [0.1, 0.15) is 6.33 Å². The van der Waals surface area contributed by atoms with Crippen molar-refractivity contribution < 1.29 is 13.2 Å². The van der Waals surface area contributed by atoms with E-state index in [4.69, 9.17) is 11.6 Å². The summed E-state index contributed by atoms with van der Waals surface area (Å²) in [5.41, 5.74) is -0.610. The highest BCUT2D eigenvalue weighted by Crippen LogP contribution is 2.35. The Morgan fingerprint density at radius 3 is 2.59 bits per heavy atom. The van der Waals surface area contributed by atoms with Crippen LogP contribution in [0, 0.1) is 0 Å². The number of halogens is 4. The van der Waals surface area contributed by atoms with Crippen molar-refractivity contribution in [3.05, 3.63) is 59.4 Å². The summed E-state index contributed by atoms with van der Waals surface area (Å²) in [6, 6.07) is 4.36.